The molecule has 0 fully saturated rings. The van der Waals surface area contributed by atoms with E-state index in [0.29, 0.717) is 19.3 Å². The van der Waals surface area contributed by atoms with Gasteiger partial charge in [0.05, 0.1) is 0 Å². The third-order valence-corrected chi connectivity index (χ3v) is 10.4. The Balaban J connectivity index is 4.21. The molecule has 6 heteroatoms. The molecule has 302 valence electrons. The summed E-state index contributed by atoms with van der Waals surface area (Å²) in [7, 11) is 0. The van der Waals surface area contributed by atoms with Crippen molar-refractivity contribution in [3.8, 4) is 0 Å². The third-order valence-electron chi connectivity index (χ3n) is 10.4. The summed E-state index contributed by atoms with van der Waals surface area (Å²) in [6, 6.07) is 0. The first-order valence-corrected chi connectivity index (χ1v) is 22.4. The molecule has 0 radical (unpaired) electrons. The SMILES string of the molecule is CCCCCCCCCCCCCCCCCCC(=O)OC[C@H](COC(=O)CCCCCCCCC(C)CC)OC(=O)CCCCCCCCC. The van der Waals surface area contributed by atoms with Crippen LogP contribution < -0.4 is 0 Å². The fourth-order valence-electron chi connectivity index (χ4n) is 6.59. The molecule has 0 aliphatic carbocycles. The van der Waals surface area contributed by atoms with Gasteiger partial charge in [-0.1, -0.05) is 207 Å². The maximum atomic E-state index is 12.6. The first-order chi connectivity index (χ1) is 24.9. The number of carbonyl (C=O) groups excluding carboxylic acids is 3. The van der Waals surface area contributed by atoms with Gasteiger partial charge in [0.15, 0.2) is 6.10 Å². The summed E-state index contributed by atoms with van der Waals surface area (Å²) in [5.74, 6) is -0.0504. The van der Waals surface area contributed by atoms with Crippen LogP contribution in [-0.2, 0) is 28.6 Å². The van der Waals surface area contributed by atoms with Gasteiger partial charge in [-0.25, -0.2) is 0 Å². The predicted octanol–water partition coefficient (Wildman–Crippen LogP) is 13.9. The van der Waals surface area contributed by atoms with Gasteiger partial charge in [-0.2, -0.15) is 0 Å². The van der Waals surface area contributed by atoms with Crippen LogP contribution in [0, 0.1) is 5.92 Å². The first-order valence-electron chi connectivity index (χ1n) is 22.4. The van der Waals surface area contributed by atoms with Crippen molar-refractivity contribution in [2.45, 2.75) is 252 Å². The number of unbranched alkanes of at least 4 members (excludes halogenated alkanes) is 26. The molecule has 0 heterocycles. The Labute approximate surface area is 317 Å². The van der Waals surface area contributed by atoms with Crippen molar-refractivity contribution in [2.75, 3.05) is 13.2 Å². The number of hydrogen-bond acceptors (Lipinski definition) is 6. The number of rotatable bonds is 40. The highest BCUT2D eigenvalue weighted by Gasteiger charge is 2.19. The molecule has 0 aliphatic heterocycles. The maximum Gasteiger partial charge on any atom is 0.306 e. The van der Waals surface area contributed by atoms with E-state index in [-0.39, 0.29) is 31.1 Å². The number of carbonyl (C=O) groups is 3. The molecule has 0 saturated heterocycles. The van der Waals surface area contributed by atoms with Crippen LogP contribution in [0.15, 0.2) is 0 Å². The van der Waals surface area contributed by atoms with Gasteiger partial charge in [0.2, 0.25) is 0 Å². The number of hydrogen-bond donors (Lipinski definition) is 0. The van der Waals surface area contributed by atoms with Crippen LogP contribution in [0.1, 0.15) is 246 Å². The van der Waals surface area contributed by atoms with Crippen LogP contribution in [0.3, 0.4) is 0 Å². The average Bonchev–Trinajstić information content (AvgIpc) is 3.13. The summed E-state index contributed by atoms with van der Waals surface area (Å²) in [6.45, 7) is 8.92. The van der Waals surface area contributed by atoms with E-state index in [0.717, 1.165) is 63.7 Å². The third kappa shape index (κ3) is 38.0. The fraction of sp³-hybridized carbons (Fsp3) is 0.933. The Bertz CT molecular complexity index is 768. The molecule has 0 aromatic rings. The van der Waals surface area contributed by atoms with E-state index in [4.69, 9.17) is 14.2 Å². The summed E-state index contributed by atoms with van der Waals surface area (Å²) in [6.07, 6.45) is 38.1. The normalized spacial score (nSPS) is 12.5. The summed E-state index contributed by atoms with van der Waals surface area (Å²) >= 11 is 0. The quantitative estimate of drug-likeness (QED) is 0.0356. The van der Waals surface area contributed by atoms with Gasteiger partial charge in [-0.15, -0.1) is 0 Å². The van der Waals surface area contributed by atoms with E-state index in [9.17, 15) is 14.4 Å². The molecule has 6 nitrogen and oxygen atoms in total. The van der Waals surface area contributed by atoms with Crippen molar-refractivity contribution in [3.05, 3.63) is 0 Å². The number of ether oxygens (including phenoxy) is 3. The minimum atomic E-state index is -0.758. The highest BCUT2D eigenvalue weighted by Crippen LogP contribution is 2.16. The fourth-order valence-corrected chi connectivity index (χ4v) is 6.59. The minimum Gasteiger partial charge on any atom is -0.462 e. The highest BCUT2D eigenvalue weighted by molar-refractivity contribution is 5.71. The van der Waals surface area contributed by atoms with E-state index in [1.54, 1.807) is 0 Å². The summed E-state index contributed by atoms with van der Waals surface area (Å²) in [5.41, 5.74) is 0. The monoisotopic (exact) mass is 723 g/mol. The van der Waals surface area contributed by atoms with Gasteiger partial charge in [0.1, 0.15) is 13.2 Å². The smallest absolute Gasteiger partial charge is 0.306 e. The van der Waals surface area contributed by atoms with Crippen LogP contribution >= 0.6 is 0 Å². The molecule has 0 rings (SSSR count). The molecule has 0 aromatic carbocycles. The zero-order valence-electron chi connectivity index (χ0n) is 34.6. The molecule has 0 aliphatic rings. The van der Waals surface area contributed by atoms with E-state index in [1.165, 1.54) is 141 Å². The standard InChI is InChI=1S/C45H86O6/c1-5-8-10-12-14-15-16-17-18-19-20-21-22-24-28-32-36-43(46)49-39-42(51-45(48)38-34-30-23-13-11-9-6-2)40-50-44(47)37-33-29-26-25-27-31-35-41(4)7-3/h41-42H,5-40H2,1-4H3/t41?,42-/m1/s1. The molecule has 0 aromatic heterocycles. The molecule has 2 atom stereocenters. The van der Waals surface area contributed by atoms with Crippen LogP contribution in [-0.4, -0.2) is 37.2 Å². The summed E-state index contributed by atoms with van der Waals surface area (Å²) in [4.78, 5) is 37.5. The Morgan fingerprint density at radius 2 is 0.686 bits per heavy atom. The predicted molar refractivity (Wildman–Crippen MR) is 215 cm³/mol. The zero-order valence-corrected chi connectivity index (χ0v) is 34.6. The summed E-state index contributed by atoms with van der Waals surface area (Å²) < 4.78 is 16.6. The Morgan fingerprint density at radius 3 is 1.02 bits per heavy atom. The lowest BCUT2D eigenvalue weighted by Gasteiger charge is -2.18. The Kier molecular flexibility index (Phi) is 38.4. The Morgan fingerprint density at radius 1 is 0.392 bits per heavy atom. The van der Waals surface area contributed by atoms with Crippen LogP contribution in [0.5, 0.6) is 0 Å². The molecule has 0 N–H and O–H groups in total. The minimum absolute atomic E-state index is 0.0651. The topological polar surface area (TPSA) is 78.9 Å². The first kappa shape index (κ1) is 49.4. The zero-order chi connectivity index (χ0) is 37.5. The van der Waals surface area contributed by atoms with Gasteiger partial charge in [-0.3, -0.25) is 14.4 Å². The molecule has 0 bridgehead atoms. The van der Waals surface area contributed by atoms with Gasteiger partial charge in [0, 0.05) is 19.3 Å². The van der Waals surface area contributed by atoms with Crippen molar-refractivity contribution < 1.29 is 28.6 Å². The molecule has 0 saturated carbocycles. The molecular weight excluding hydrogens is 636 g/mol. The van der Waals surface area contributed by atoms with Crippen molar-refractivity contribution in [1.29, 1.82) is 0 Å². The average molecular weight is 723 g/mol. The second kappa shape index (κ2) is 39.6. The summed E-state index contributed by atoms with van der Waals surface area (Å²) in [5, 5.41) is 0. The molecule has 51 heavy (non-hydrogen) atoms. The number of esters is 3. The van der Waals surface area contributed by atoms with Crippen LogP contribution in [0.25, 0.3) is 0 Å². The van der Waals surface area contributed by atoms with E-state index < -0.39 is 6.10 Å². The van der Waals surface area contributed by atoms with Crippen LogP contribution in [0.4, 0.5) is 0 Å². The largest absolute Gasteiger partial charge is 0.462 e. The van der Waals surface area contributed by atoms with Gasteiger partial charge >= 0.3 is 17.9 Å². The van der Waals surface area contributed by atoms with E-state index in [2.05, 4.69) is 27.7 Å². The highest BCUT2D eigenvalue weighted by atomic mass is 16.6. The lowest BCUT2D eigenvalue weighted by Crippen LogP contribution is -2.30. The lowest BCUT2D eigenvalue weighted by atomic mass is 10.00. The second-order valence-corrected chi connectivity index (χ2v) is 15.6. The molecule has 0 amide bonds. The van der Waals surface area contributed by atoms with Gasteiger partial charge in [0.25, 0.3) is 0 Å². The molecule has 0 spiro atoms. The molecular formula is C45H86O6. The maximum absolute atomic E-state index is 12.6. The van der Waals surface area contributed by atoms with E-state index >= 15 is 0 Å². The lowest BCUT2D eigenvalue weighted by molar-refractivity contribution is -0.167. The van der Waals surface area contributed by atoms with Crippen molar-refractivity contribution in [3.63, 3.8) is 0 Å². The molecule has 1 unspecified atom stereocenters. The van der Waals surface area contributed by atoms with Gasteiger partial charge < -0.3 is 14.2 Å². The second-order valence-electron chi connectivity index (χ2n) is 15.6. The van der Waals surface area contributed by atoms with Gasteiger partial charge in [-0.05, 0) is 25.2 Å². The van der Waals surface area contributed by atoms with Crippen molar-refractivity contribution in [1.82, 2.24) is 0 Å². The van der Waals surface area contributed by atoms with Crippen LogP contribution in [0.2, 0.25) is 0 Å². The van der Waals surface area contributed by atoms with E-state index in [1.807, 2.05) is 0 Å². The van der Waals surface area contributed by atoms with Crippen molar-refractivity contribution in [2.24, 2.45) is 5.92 Å². The van der Waals surface area contributed by atoms with Crippen molar-refractivity contribution >= 4 is 17.9 Å². The Hall–Kier alpha value is -1.59.